The van der Waals surface area contributed by atoms with Crippen LogP contribution in [0.1, 0.15) is 46.0 Å². The van der Waals surface area contributed by atoms with E-state index in [0.717, 1.165) is 5.56 Å². The van der Waals surface area contributed by atoms with Crippen molar-refractivity contribution in [3.8, 4) is 0 Å². The third kappa shape index (κ3) is 25.0. The van der Waals surface area contributed by atoms with E-state index in [1.165, 1.54) is 16.7 Å². The molecule has 0 aliphatic heterocycles. The fourth-order valence-electron chi connectivity index (χ4n) is 2.94. The zero-order valence-corrected chi connectivity index (χ0v) is 28.6. The Hall–Kier alpha value is -1.28. The van der Waals surface area contributed by atoms with Crippen LogP contribution >= 0.6 is 0 Å². The van der Waals surface area contributed by atoms with Gasteiger partial charge in [-0.25, -0.2) is 43.3 Å². The molecular weight excluding hydrogens is 866 g/mol. The Morgan fingerprint density at radius 3 is 0.795 bits per heavy atom. The van der Waals surface area contributed by atoms with Gasteiger partial charge in [0.1, 0.15) is 0 Å². The molecule has 0 heterocycles. The predicted octanol–water partition coefficient (Wildman–Crippen LogP) is 7.40. The van der Waals surface area contributed by atoms with Gasteiger partial charge >= 0.3 is 0 Å². The van der Waals surface area contributed by atoms with Crippen molar-refractivity contribution >= 4 is 0 Å². The van der Waals surface area contributed by atoms with Crippen LogP contribution in [-0.4, -0.2) is 20.4 Å². The first kappa shape index (κ1) is 44.8. The second kappa shape index (κ2) is 29.1. The molecule has 4 nitrogen and oxygen atoms in total. The minimum atomic E-state index is -1.34. The molecule has 0 fully saturated rings. The molecule has 0 aliphatic rings. The van der Waals surface area contributed by atoms with Crippen LogP contribution in [0.15, 0.2) is 133 Å². The standard InChI is InChI=1S/2C7H8O2.3C6H7.C6H3.2Yb/c2*8-7(9)6-4-2-1-3-5-6;4*1-6-4-2-3-5-6;;/h2*1-5,7-9H;3*2-5H,1H3;1H3;;/q;;3*-1;-5;;. The number of hydrogen-bond donors (Lipinski definition) is 4. The summed E-state index contributed by atoms with van der Waals surface area (Å²) in [5.74, 6) is 0. The topological polar surface area (TPSA) is 80.9 Å². The van der Waals surface area contributed by atoms with Crippen molar-refractivity contribution in [2.24, 2.45) is 0 Å². The Kier molecular flexibility index (Phi) is 29.7. The Morgan fingerprint density at radius 1 is 0.432 bits per heavy atom. The van der Waals surface area contributed by atoms with E-state index < -0.39 is 12.6 Å². The summed E-state index contributed by atoms with van der Waals surface area (Å²) in [6.07, 6.45) is -2.68. The van der Waals surface area contributed by atoms with Crippen LogP contribution in [0.2, 0.25) is 0 Å². The normalized spacial score (nSPS) is 8.95. The maximum Gasteiger partial charge on any atom is 0.178 e. The van der Waals surface area contributed by atoms with E-state index >= 15 is 0 Å². The Morgan fingerprint density at radius 2 is 0.682 bits per heavy atom. The van der Waals surface area contributed by atoms with Crippen LogP contribution < -0.4 is 0 Å². The van der Waals surface area contributed by atoms with Crippen LogP contribution in [0.25, 0.3) is 0 Å². The minimum Gasteiger partial charge on any atom is -0.998 e. The zero-order chi connectivity index (χ0) is 31.0. The van der Waals surface area contributed by atoms with Crippen molar-refractivity contribution in [2.75, 3.05) is 0 Å². The summed E-state index contributed by atoms with van der Waals surface area (Å²) >= 11 is 0. The van der Waals surface area contributed by atoms with E-state index in [4.69, 9.17) is 20.4 Å². The number of aliphatic hydroxyl groups excluding tert-OH is 2. The van der Waals surface area contributed by atoms with Gasteiger partial charge in [-0.3, -0.25) is 0 Å². The summed E-state index contributed by atoms with van der Waals surface area (Å²) in [5.41, 5.74) is 6.06. The summed E-state index contributed by atoms with van der Waals surface area (Å²) in [6.45, 7) is 8.16. The molecule has 0 saturated carbocycles. The van der Waals surface area contributed by atoms with Gasteiger partial charge in [0, 0.05) is 105 Å². The van der Waals surface area contributed by atoms with Crippen molar-refractivity contribution in [1.29, 1.82) is 0 Å². The van der Waals surface area contributed by atoms with Crippen molar-refractivity contribution in [3.63, 3.8) is 0 Å². The predicted molar refractivity (Wildman–Crippen MR) is 170 cm³/mol. The fraction of sp³-hybridized carbons (Fsp3) is 0.158. The molecule has 0 bridgehead atoms. The first-order valence-electron chi connectivity index (χ1n) is 13.4. The molecule has 44 heavy (non-hydrogen) atoms. The van der Waals surface area contributed by atoms with Gasteiger partial charge in [-0.1, -0.05) is 81.4 Å². The minimum absolute atomic E-state index is 0. The second-order valence-electron chi connectivity index (χ2n) is 9.08. The quantitative estimate of drug-likeness (QED) is 0.108. The summed E-state index contributed by atoms with van der Waals surface area (Å²) < 4.78 is 0. The number of rotatable bonds is 2. The number of aliphatic hydroxyl groups is 4. The van der Waals surface area contributed by atoms with Crippen LogP contribution in [-0.2, 0) is 0 Å². The van der Waals surface area contributed by atoms with Gasteiger partial charge in [-0.2, -0.15) is 53.1 Å². The van der Waals surface area contributed by atoms with Gasteiger partial charge in [0.05, 0.1) is 0 Å². The van der Waals surface area contributed by atoms with Crippen LogP contribution in [0.4, 0.5) is 0 Å². The van der Waals surface area contributed by atoms with E-state index in [2.05, 4.69) is 81.4 Å². The molecule has 0 aromatic heterocycles. The molecule has 6 aromatic carbocycles. The van der Waals surface area contributed by atoms with Gasteiger partial charge in [0.2, 0.25) is 0 Å². The first-order chi connectivity index (χ1) is 20.2. The zero-order valence-electron chi connectivity index (χ0n) is 25.2. The van der Waals surface area contributed by atoms with E-state index in [1.807, 2.05) is 55.5 Å². The van der Waals surface area contributed by atoms with Crippen molar-refractivity contribution < 1.29 is 114 Å². The summed E-state index contributed by atoms with van der Waals surface area (Å²) in [5, 5.41) is 34.3. The van der Waals surface area contributed by atoms with E-state index in [1.54, 1.807) is 48.5 Å². The SMILES string of the molecule is C[c-]1[c-][c-][c-][c-]1.C[c-]1cccc1.C[c-]1cccc1.C[c-]1cccc1.OC(O)c1ccccc1.OC(O)c1ccccc1.[Yb].[Yb]. The van der Waals surface area contributed by atoms with Crippen molar-refractivity contribution in [3.05, 3.63) is 191 Å². The monoisotopic (exact) mass is 908 g/mol. The molecule has 4 N–H and O–H groups in total. The molecule has 6 heteroatoms. The summed E-state index contributed by atoms with van der Waals surface area (Å²) in [4.78, 5) is 0. The van der Waals surface area contributed by atoms with Crippen LogP contribution in [0, 0.1) is 146 Å². The molecule has 0 spiro atoms. The van der Waals surface area contributed by atoms with Crippen molar-refractivity contribution in [1.82, 2.24) is 0 Å². The average Bonchev–Trinajstić information content (AvgIpc) is 3.84. The first-order valence-corrected chi connectivity index (χ1v) is 13.4. The van der Waals surface area contributed by atoms with Gasteiger partial charge < -0.3 is 50.3 Å². The van der Waals surface area contributed by atoms with Crippen LogP contribution in [0.3, 0.4) is 0 Å². The molecule has 0 atom stereocenters. The molecule has 0 amide bonds. The van der Waals surface area contributed by atoms with E-state index in [0.29, 0.717) is 11.1 Å². The molecule has 252 valence electrons. The molecule has 0 unspecified atom stereocenters. The average molecular weight is 907 g/mol. The molecule has 6 rings (SSSR count). The number of hydrogen-bond acceptors (Lipinski definition) is 4. The molecule has 0 radical (unpaired) electrons. The number of benzene rings is 2. The number of aryl methyl sites for hydroxylation is 4. The fourth-order valence-corrected chi connectivity index (χ4v) is 2.94. The van der Waals surface area contributed by atoms with Crippen molar-refractivity contribution in [2.45, 2.75) is 40.3 Å². The van der Waals surface area contributed by atoms with Crippen LogP contribution in [0.5, 0.6) is 0 Å². The van der Waals surface area contributed by atoms with Gasteiger partial charge in [-0.05, 0) is 0 Å². The smallest absolute Gasteiger partial charge is 0.178 e. The molecular formula is C38H40O4Yb2-8. The maximum atomic E-state index is 8.58. The Labute approximate surface area is 341 Å². The molecule has 0 saturated heterocycles. The van der Waals surface area contributed by atoms with E-state index in [-0.39, 0.29) is 93.8 Å². The summed E-state index contributed by atoms with van der Waals surface area (Å²) in [7, 11) is 0. The third-order valence-corrected chi connectivity index (χ3v) is 5.25. The van der Waals surface area contributed by atoms with Gasteiger partial charge in [0.25, 0.3) is 0 Å². The van der Waals surface area contributed by atoms with Gasteiger partial charge in [0.15, 0.2) is 12.6 Å². The Bertz CT molecular complexity index is 1150. The van der Waals surface area contributed by atoms with E-state index in [9.17, 15) is 0 Å². The molecule has 0 aliphatic carbocycles. The van der Waals surface area contributed by atoms with Gasteiger partial charge in [-0.15, -0.1) is 0 Å². The Balaban J connectivity index is 0. The maximum absolute atomic E-state index is 8.58. The summed E-state index contributed by atoms with van der Waals surface area (Å²) in [6, 6.07) is 52.8. The largest absolute Gasteiger partial charge is 0.998 e. The second-order valence-corrected chi connectivity index (χ2v) is 9.08. The molecule has 6 aromatic rings. The third-order valence-electron chi connectivity index (χ3n) is 5.25.